The Labute approximate surface area is 182 Å². The minimum atomic E-state index is -2.00. The van der Waals surface area contributed by atoms with Crippen molar-refractivity contribution in [2.75, 3.05) is 6.61 Å². The van der Waals surface area contributed by atoms with Crippen molar-refractivity contribution in [3.8, 4) is 5.75 Å². The van der Waals surface area contributed by atoms with Crippen LogP contribution in [0.5, 0.6) is 5.75 Å². The first-order chi connectivity index (χ1) is 13.8. The van der Waals surface area contributed by atoms with Crippen molar-refractivity contribution in [1.29, 1.82) is 0 Å². The lowest BCUT2D eigenvalue weighted by molar-refractivity contribution is -0.295. The van der Waals surface area contributed by atoms with Crippen LogP contribution in [0.1, 0.15) is 65.5 Å². The van der Waals surface area contributed by atoms with Crippen LogP contribution in [0.3, 0.4) is 0 Å². The third-order valence-corrected chi connectivity index (χ3v) is 10.4. The molecular weight excluding hydrogens is 396 g/mol. The van der Waals surface area contributed by atoms with E-state index < -0.39 is 20.1 Å². The Bertz CT molecular complexity index is 748. The van der Waals surface area contributed by atoms with Crippen LogP contribution < -0.4 is 4.43 Å². The van der Waals surface area contributed by atoms with Crippen LogP contribution in [0.4, 0.5) is 0 Å². The third kappa shape index (κ3) is 6.69. The van der Waals surface area contributed by atoms with Crippen molar-refractivity contribution < 1.29 is 23.8 Å². The highest BCUT2D eigenvalue weighted by molar-refractivity contribution is 6.74. The number of benzene rings is 1. The summed E-state index contributed by atoms with van der Waals surface area (Å²) in [4.78, 5) is 10.7. The number of hydrogen-bond donors (Lipinski definition) is 1. The van der Waals surface area contributed by atoms with Gasteiger partial charge in [-0.1, -0.05) is 51.1 Å². The van der Waals surface area contributed by atoms with Gasteiger partial charge in [-0.05, 0) is 50.9 Å². The molecule has 1 N–H and O–H groups in total. The molecule has 6 heteroatoms. The highest BCUT2D eigenvalue weighted by Gasteiger charge is 2.42. The zero-order valence-electron chi connectivity index (χ0n) is 19.5. The molecule has 0 radical (unpaired) electrons. The van der Waals surface area contributed by atoms with Crippen LogP contribution in [-0.2, 0) is 14.3 Å². The lowest BCUT2D eigenvalue weighted by Crippen LogP contribution is -2.45. The second kappa shape index (κ2) is 9.67. The number of hydrogen-bond acceptors (Lipinski definition) is 4. The van der Waals surface area contributed by atoms with Gasteiger partial charge < -0.3 is 19.0 Å². The molecule has 1 fully saturated rings. The second-order valence-electron chi connectivity index (χ2n) is 10.0. The number of carboxylic acid groups (broad SMARTS) is 1. The first-order valence-corrected chi connectivity index (χ1v) is 13.7. The average molecular weight is 435 g/mol. The number of carboxylic acids is 1. The van der Waals surface area contributed by atoms with Crippen molar-refractivity contribution in [3.05, 3.63) is 42.0 Å². The molecule has 2 atom stereocenters. The fourth-order valence-corrected chi connectivity index (χ4v) is 4.21. The largest absolute Gasteiger partial charge is 0.543 e. The maximum atomic E-state index is 10.7. The molecule has 1 aromatic carbocycles. The van der Waals surface area contributed by atoms with Gasteiger partial charge in [0.15, 0.2) is 5.79 Å². The lowest BCUT2D eigenvalue weighted by atomic mass is 9.91. The molecule has 0 aromatic heterocycles. The summed E-state index contributed by atoms with van der Waals surface area (Å²) in [6, 6.07) is 8.17. The van der Waals surface area contributed by atoms with Gasteiger partial charge in [-0.25, -0.2) is 0 Å². The van der Waals surface area contributed by atoms with Crippen molar-refractivity contribution in [1.82, 2.24) is 0 Å². The minimum absolute atomic E-state index is 0.0994. The van der Waals surface area contributed by atoms with E-state index in [4.69, 9.17) is 19.0 Å². The molecule has 5 nitrogen and oxygen atoms in total. The van der Waals surface area contributed by atoms with Gasteiger partial charge in [-0.15, -0.1) is 0 Å². The van der Waals surface area contributed by atoms with Gasteiger partial charge in [-0.2, -0.15) is 0 Å². The zero-order valence-corrected chi connectivity index (χ0v) is 20.5. The Balaban J connectivity index is 2.27. The van der Waals surface area contributed by atoms with Crippen molar-refractivity contribution >= 4 is 14.3 Å². The molecule has 0 saturated carbocycles. The average Bonchev–Trinajstić information content (AvgIpc) is 2.61. The molecule has 0 bridgehead atoms. The molecule has 1 saturated heterocycles. The minimum Gasteiger partial charge on any atom is -0.543 e. The van der Waals surface area contributed by atoms with Crippen LogP contribution in [0.25, 0.3) is 0 Å². The molecule has 0 unspecified atom stereocenters. The van der Waals surface area contributed by atoms with E-state index >= 15 is 0 Å². The van der Waals surface area contributed by atoms with Crippen molar-refractivity contribution in [3.63, 3.8) is 0 Å². The summed E-state index contributed by atoms with van der Waals surface area (Å²) in [7, 11) is -2.00. The number of allylic oxidation sites excluding steroid dienone is 2. The number of ether oxygens (including phenoxy) is 2. The van der Waals surface area contributed by atoms with Crippen LogP contribution in [0.2, 0.25) is 18.1 Å². The standard InChI is InChI=1S/C24H38O5Si/c1-23(2,3)30(6,7)29-20-15-12-11-14-19(20)22-18(17-27-24(4,5)28-22)13-9-8-10-16-21(25)26/h8-9,11-12,14-15,18,22H,10,13,16-17H2,1-7H3,(H,25,26)/b9-8-/t18-,22+/m1/s1. The van der Waals surface area contributed by atoms with Gasteiger partial charge in [0, 0.05) is 17.9 Å². The van der Waals surface area contributed by atoms with Crippen LogP contribution >= 0.6 is 0 Å². The highest BCUT2D eigenvalue weighted by atomic mass is 28.4. The van der Waals surface area contributed by atoms with E-state index in [-0.39, 0.29) is 23.5 Å². The molecule has 0 aliphatic carbocycles. The van der Waals surface area contributed by atoms with Gasteiger partial charge in [0.2, 0.25) is 8.32 Å². The monoisotopic (exact) mass is 434 g/mol. The Morgan fingerprint density at radius 1 is 1.27 bits per heavy atom. The van der Waals surface area contributed by atoms with Gasteiger partial charge in [0.25, 0.3) is 0 Å². The van der Waals surface area contributed by atoms with E-state index in [1.807, 2.05) is 44.2 Å². The molecule has 0 spiro atoms. The van der Waals surface area contributed by atoms with E-state index in [0.29, 0.717) is 13.0 Å². The Morgan fingerprint density at radius 3 is 2.57 bits per heavy atom. The number of para-hydroxylation sites is 1. The number of aliphatic carboxylic acids is 1. The molecule has 2 rings (SSSR count). The molecule has 30 heavy (non-hydrogen) atoms. The first-order valence-electron chi connectivity index (χ1n) is 10.8. The van der Waals surface area contributed by atoms with Gasteiger partial charge in [0.05, 0.1) is 12.7 Å². The van der Waals surface area contributed by atoms with E-state index in [1.165, 1.54) is 0 Å². The van der Waals surface area contributed by atoms with Crippen molar-refractivity contribution in [2.24, 2.45) is 5.92 Å². The summed E-state index contributed by atoms with van der Waals surface area (Å²) in [6.45, 7) is 15.7. The molecule has 0 amide bonds. The lowest BCUT2D eigenvalue weighted by Gasteiger charge is -2.43. The van der Waals surface area contributed by atoms with E-state index in [2.05, 4.69) is 39.9 Å². The molecule has 1 aliphatic heterocycles. The second-order valence-corrected chi connectivity index (χ2v) is 14.8. The predicted octanol–water partition coefficient (Wildman–Crippen LogP) is 6.32. The van der Waals surface area contributed by atoms with Crippen LogP contribution in [0.15, 0.2) is 36.4 Å². The van der Waals surface area contributed by atoms with Gasteiger partial charge in [-0.3, -0.25) is 4.79 Å². The number of rotatable bonds is 8. The summed E-state index contributed by atoms with van der Waals surface area (Å²) >= 11 is 0. The molecule has 1 heterocycles. The quantitative estimate of drug-likeness (QED) is 0.383. The summed E-state index contributed by atoms with van der Waals surface area (Å²) in [5.41, 5.74) is 1.06. The van der Waals surface area contributed by atoms with E-state index in [1.54, 1.807) is 0 Å². The van der Waals surface area contributed by atoms with E-state index in [9.17, 15) is 4.79 Å². The smallest absolute Gasteiger partial charge is 0.303 e. The molecule has 168 valence electrons. The highest BCUT2D eigenvalue weighted by Crippen LogP contribution is 2.44. The molecular formula is C24H38O5Si. The fourth-order valence-electron chi connectivity index (χ4n) is 3.17. The maximum absolute atomic E-state index is 10.7. The van der Waals surface area contributed by atoms with E-state index in [0.717, 1.165) is 17.7 Å². The van der Waals surface area contributed by atoms with Crippen LogP contribution in [0, 0.1) is 5.92 Å². The van der Waals surface area contributed by atoms with Crippen LogP contribution in [-0.4, -0.2) is 31.8 Å². The SMILES string of the molecule is CC1(C)OC[C@@H](C/C=C\CCC(=O)O)[C@@H](c2ccccc2O[Si](C)(C)C(C)(C)C)O1. The first kappa shape index (κ1) is 24.6. The van der Waals surface area contributed by atoms with Crippen molar-refractivity contribution in [2.45, 2.75) is 83.9 Å². The van der Waals surface area contributed by atoms with Gasteiger partial charge >= 0.3 is 5.97 Å². The normalized spacial score (nSPS) is 22.2. The Kier molecular flexibility index (Phi) is 7.94. The Hall–Kier alpha value is -1.63. The third-order valence-electron chi connectivity index (χ3n) is 6.01. The summed E-state index contributed by atoms with van der Waals surface area (Å²) in [5.74, 6) is -0.423. The summed E-state index contributed by atoms with van der Waals surface area (Å²) < 4.78 is 19.0. The van der Waals surface area contributed by atoms with Gasteiger partial charge in [0.1, 0.15) is 5.75 Å². The molecule has 1 aliphatic rings. The zero-order chi connectivity index (χ0) is 22.6. The molecule has 1 aromatic rings. The predicted molar refractivity (Wildman–Crippen MR) is 122 cm³/mol. The Morgan fingerprint density at radius 2 is 1.93 bits per heavy atom. The fraction of sp³-hybridized carbons (Fsp3) is 0.625. The number of carbonyl (C=O) groups is 1. The maximum Gasteiger partial charge on any atom is 0.303 e. The topological polar surface area (TPSA) is 65.0 Å². The summed E-state index contributed by atoms with van der Waals surface area (Å²) in [5, 5.41) is 8.91. The summed E-state index contributed by atoms with van der Waals surface area (Å²) in [6.07, 6.45) is 5.26.